The minimum atomic E-state index is -0.140. The molecular formula is C31H42N2O6. The van der Waals surface area contributed by atoms with E-state index in [0.29, 0.717) is 46.0 Å². The molecule has 2 fully saturated rings. The minimum Gasteiger partial charge on any atom is -0.496 e. The Kier molecular flexibility index (Phi) is 9.96. The average molecular weight is 539 g/mol. The van der Waals surface area contributed by atoms with Gasteiger partial charge in [-0.2, -0.15) is 0 Å². The molecule has 0 saturated heterocycles. The zero-order valence-electron chi connectivity index (χ0n) is 23.6. The normalized spacial score (nSPS) is 22.9. The number of carbonyl (C=O) groups is 2. The summed E-state index contributed by atoms with van der Waals surface area (Å²) < 4.78 is 21.6. The van der Waals surface area contributed by atoms with E-state index < -0.39 is 0 Å². The number of hydrogen-bond donors (Lipinski definition) is 2. The van der Waals surface area contributed by atoms with Gasteiger partial charge in [-0.15, -0.1) is 0 Å². The molecule has 2 aliphatic rings. The summed E-state index contributed by atoms with van der Waals surface area (Å²) in [7, 11) is 6.26. The molecule has 2 aliphatic carbocycles. The summed E-state index contributed by atoms with van der Waals surface area (Å²) in [5, 5.41) is 6.41. The van der Waals surface area contributed by atoms with Crippen LogP contribution in [0.4, 0.5) is 0 Å². The summed E-state index contributed by atoms with van der Waals surface area (Å²) in [6.45, 7) is 0. The summed E-state index contributed by atoms with van der Waals surface area (Å²) >= 11 is 0. The summed E-state index contributed by atoms with van der Waals surface area (Å²) in [6.07, 6.45) is 9.66. The first-order chi connectivity index (χ1) is 19.0. The van der Waals surface area contributed by atoms with Gasteiger partial charge in [0.1, 0.15) is 34.1 Å². The highest BCUT2D eigenvalue weighted by atomic mass is 16.5. The lowest BCUT2D eigenvalue weighted by molar-refractivity contribution is 0.0912. The van der Waals surface area contributed by atoms with Crippen LogP contribution in [-0.4, -0.2) is 52.3 Å². The molecule has 8 nitrogen and oxygen atoms in total. The van der Waals surface area contributed by atoms with Crippen molar-refractivity contribution in [3.63, 3.8) is 0 Å². The molecule has 2 aromatic rings. The predicted molar refractivity (Wildman–Crippen MR) is 150 cm³/mol. The van der Waals surface area contributed by atoms with Gasteiger partial charge in [-0.1, -0.05) is 12.1 Å². The second kappa shape index (κ2) is 13.6. The van der Waals surface area contributed by atoms with Crippen molar-refractivity contribution in [1.82, 2.24) is 10.6 Å². The summed E-state index contributed by atoms with van der Waals surface area (Å²) in [5.74, 6) is 3.19. The fourth-order valence-corrected chi connectivity index (χ4v) is 6.22. The number of ether oxygens (including phenoxy) is 4. The molecule has 0 radical (unpaired) electrons. The van der Waals surface area contributed by atoms with E-state index in [1.807, 2.05) is 12.1 Å². The Balaban J connectivity index is 1.21. The lowest BCUT2D eigenvalue weighted by atomic mass is 9.75. The Morgan fingerprint density at radius 1 is 0.590 bits per heavy atom. The van der Waals surface area contributed by atoms with Crippen LogP contribution >= 0.6 is 0 Å². The van der Waals surface area contributed by atoms with Crippen LogP contribution in [0.3, 0.4) is 0 Å². The van der Waals surface area contributed by atoms with E-state index in [2.05, 4.69) is 10.6 Å². The molecule has 2 amide bonds. The molecule has 212 valence electrons. The number of benzene rings is 2. The quantitative estimate of drug-likeness (QED) is 0.421. The lowest BCUT2D eigenvalue weighted by Gasteiger charge is -2.34. The first kappa shape index (κ1) is 28.6. The number of amides is 2. The third kappa shape index (κ3) is 6.97. The number of hydrogen-bond acceptors (Lipinski definition) is 6. The Bertz CT molecular complexity index is 988. The van der Waals surface area contributed by atoms with Crippen LogP contribution in [0.1, 0.15) is 78.5 Å². The summed E-state index contributed by atoms with van der Waals surface area (Å²) in [6, 6.07) is 11.1. The largest absolute Gasteiger partial charge is 0.496 e. The molecule has 0 aliphatic heterocycles. The van der Waals surface area contributed by atoms with Crippen LogP contribution in [0, 0.1) is 11.8 Å². The fourth-order valence-electron chi connectivity index (χ4n) is 6.22. The highest BCUT2D eigenvalue weighted by Crippen LogP contribution is 2.36. The highest BCUT2D eigenvalue weighted by molar-refractivity contribution is 6.00. The van der Waals surface area contributed by atoms with Gasteiger partial charge in [0.25, 0.3) is 11.8 Å². The standard InChI is InChI=1S/C31H42N2O6/c1-36-24-7-5-8-25(37-2)28(24)30(34)32-22-15-11-20(12-16-22)19-21-13-17-23(18-14-21)33-31(35)29-26(38-3)9-6-10-27(29)39-4/h5-10,20-23H,11-19H2,1-4H3,(H,32,34)(H,33,35). The number of nitrogens with one attached hydrogen (secondary N) is 2. The van der Waals surface area contributed by atoms with Crippen molar-refractivity contribution >= 4 is 11.8 Å². The zero-order chi connectivity index (χ0) is 27.8. The van der Waals surface area contributed by atoms with Gasteiger partial charge >= 0.3 is 0 Å². The average Bonchev–Trinajstić information content (AvgIpc) is 2.97. The molecule has 0 unspecified atom stereocenters. The van der Waals surface area contributed by atoms with E-state index >= 15 is 0 Å². The van der Waals surface area contributed by atoms with Crippen LogP contribution in [-0.2, 0) is 0 Å². The summed E-state index contributed by atoms with van der Waals surface area (Å²) in [4.78, 5) is 26.1. The van der Waals surface area contributed by atoms with Crippen LogP contribution in [0.2, 0.25) is 0 Å². The molecule has 0 heterocycles. The third-order valence-electron chi connectivity index (χ3n) is 8.34. The second-order valence-electron chi connectivity index (χ2n) is 10.7. The van der Waals surface area contributed by atoms with Gasteiger partial charge in [0.15, 0.2) is 0 Å². The molecule has 2 aromatic carbocycles. The highest BCUT2D eigenvalue weighted by Gasteiger charge is 2.30. The van der Waals surface area contributed by atoms with E-state index in [0.717, 1.165) is 51.4 Å². The second-order valence-corrected chi connectivity index (χ2v) is 10.7. The zero-order valence-corrected chi connectivity index (χ0v) is 23.6. The van der Waals surface area contributed by atoms with Gasteiger partial charge in [0.05, 0.1) is 28.4 Å². The van der Waals surface area contributed by atoms with Crippen molar-refractivity contribution in [2.45, 2.75) is 69.9 Å². The maximum absolute atomic E-state index is 13.0. The van der Waals surface area contributed by atoms with Crippen LogP contribution < -0.4 is 29.6 Å². The van der Waals surface area contributed by atoms with Crippen LogP contribution in [0.5, 0.6) is 23.0 Å². The van der Waals surface area contributed by atoms with Crippen molar-refractivity contribution in [3.8, 4) is 23.0 Å². The molecule has 4 rings (SSSR count). The van der Waals surface area contributed by atoms with E-state index in [1.165, 1.54) is 6.42 Å². The Morgan fingerprint density at radius 2 is 0.897 bits per heavy atom. The molecule has 0 aromatic heterocycles. The van der Waals surface area contributed by atoms with Gasteiger partial charge in [-0.05, 0) is 93.9 Å². The molecule has 39 heavy (non-hydrogen) atoms. The Morgan fingerprint density at radius 3 is 1.18 bits per heavy atom. The smallest absolute Gasteiger partial charge is 0.259 e. The SMILES string of the molecule is COc1cccc(OC)c1C(=O)NC1CCC(CC2CCC(NC(=O)c3c(OC)cccc3OC)CC2)CC1. The number of rotatable bonds is 10. The predicted octanol–water partition coefficient (Wildman–Crippen LogP) is 5.39. The topological polar surface area (TPSA) is 95.1 Å². The van der Waals surface area contributed by atoms with E-state index in [-0.39, 0.29) is 23.9 Å². The Labute approximate surface area is 231 Å². The molecule has 0 atom stereocenters. The molecular weight excluding hydrogens is 496 g/mol. The Hall–Kier alpha value is -3.42. The molecule has 0 bridgehead atoms. The van der Waals surface area contributed by atoms with Gasteiger partial charge < -0.3 is 29.6 Å². The van der Waals surface area contributed by atoms with Gasteiger partial charge in [-0.3, -0.25) is 9.59 Å². The van der Waals surface area contributed by atoms with Gasteiger partial charge in [0, 0.05) is 12.1 Å². The molecule has 8 heteroatoms. The summed E-state index contributed by atoms with van der Waals surface area (Å²) in [5.41, 5.74) is 0.912. The molecule has 0 spiro atoms. The van der Waals surface area contributed by atoms with Crippen molar-refractivity contribution in [3.05, 3.63) is 47.5 Å². The molecule has 2 N–H and O–H groups in total. The van der Waals surface area contributed by atoms with Crippen LogP contribution in [0.15, 0.2) is 36.4 Å². The minimum absolute atomic E-state index is 0.140. The van der Waals surface area contributed by atoms with Crippen molar-refractivity contribution in [1.29, 1.82) is 0 Å². The number of methoxy groups -OCH3 is 4. The van der Waals surface area contributed by atoms with E-state index in [4.69, 9.17) is 18.9 Å². The maximum atomic E-state index is 13.0. The monoisotopic (exact) mass is 538 g/mol. The van der Waals surface area contributed by atoms with Crippen LogP contribution in [0.25, 0.3) is 0 Å². The van der Waals surface area contributed by atoms with E-state index in [9.17, 15) is 9.59 Å². The number of carbonyl (C=O) groups excluding carboxylic acids is 2. The first-order valence-corrected chi connectivity index (χ1v) is 14.0. The van der Waals surface area contributed by atoms with Gasteiger partial charge in [0.2, 0.25) is 0 Å². The van der Waals surface area contributed by atoms with E-state index in [1.54, 1.807) is 52.7 Å². The maximum Gasteiger partial charge on any atom is 0.259 e. The van der Waals surface area contributed by atoms with Crippen molar-refractivity contribution in [2.24, 2.45) is 11.8 Å². The van der Waals surface area contributed by atoms with Gasteiger partial charge in [-0.25, -0.2) is 0 Å². The van der Waals surface area contributed by atoms with Crippen molar-refractivity contribution < 1.29 is 28.5 Å². The fraction of sp³-hybridized carbons (Fsp3) is 0.548. The van der Waals surface area contributed by atoms with Crippen molar-refractivity contribution in [2.75, 3.05) is 28.4 Å². The third-order valence-corrected chi connectivity index (χ3v) is 8.34. The first-order valence-electron chi connectivity index (χ1n) is 14.0. The molecule has 2 saturated carbocycles. The lowest BCUT2D eigenvalue weighted by Crippen LogP contribution is -2.39.